The molecule has 0 radical (unpaired) electrons. The number of aliphatic hydroxyl groups excluding tert-OH is 1. The number of nitro groups is 1. The lowest BCUT2D eigenvalue weighted by molar-refractivity contribution is -0.384. The molecule has 38 heavy (non-hydrogen) atoms. The maximum Gasteiger partial charge on any atom is 0.301 e. The van der Waals surface area contributed by atoms with Gasteiger partial charge < -0.3 is 9.84 Å². The standard InChI is InChI=1S/C27H18ClN3O6S/c1-13-10-16-11-15(4-9-20(16)37-13)24(32)22-23(14-2-6-18(7-3-14)31(35)36)30(26(34)25(22)33)27-29-19-8-5-17(28)12-21(19)38-27/h2-9,11-13,23,32H,10H2,1H3/b24-22+. The number of fused-ring (bicyclic) bond motifs is 2. The van der Waals surface area contributed by atoms with Gasteiger partial charge in [0, 0.05) is 29.1 Å². The minimum absolute atomic E-state index is 0.0133. The van der Waals surface area contributed by atoms with Crippen molar-refractivity contribution in [1.82, 2.24) is 4.98 Å². The number of hydrogen-bond donors (Lipinski definition) is 1. The molecule has 190 valence electrons. The number of amides is 1. The molecule has 6 rings (SSSR count). The summed E-state index contributed by atoms with van der Waals surface area (Å²) < 4.78 is 6.45. The van der Waals surface area contributed by atoms with Gasteiger partial charge in [0.05, 0.1) is 26.8 Å². The van der Waals surface area contributed by atoms with Gasteiger partial charge in [-0.25, -0.2) is 4.98 Å². The SMILES string of the molecule is CC1Cc2cc(/C(O)=C3\C(=O)C(=O)N(c4nc5ccc(Cl)cc5s4)C3c3ccc([N+](=O)[O-])cc3)ccc2O1. The number of halogens is 1. The number of benzene rings is 3. The zero-order chi connectivity index (χ0) is 26.7. The number of thiazole rings is 1. The van der Waals surface area contributed by atoms with Crippen molar-refractivity contribution in [3.8, 4) is 5.75 Å². The molecule has 0 bridgehead atoms. The van der Waals surface area contributed by atoms with Crippen LogP contribution in [0.25, 0.3) is 16.0 Å². The maximum atomic E-state index is 13.4. The van der Waals surface area contributed by atoms with E-state index in [4.69, 9.17) is 16.3 Å². The summed E-state index contributed by atoms with van der Waals surface area (Å²) in [5, 5.41) is 23.4. The van der Waals surface area contributed by atoms with Crippen LogP contribution in [0.4, 0.5) is 10.8 Å². The molecule has 0 saturated carbocycles. The predicted molar refractivity (Wildman–Crippen MR) is 143 cm³/mol. The lowest BCUT2D eigenvalue weighted by atomic mass is 9.94. The molecule has 2 atom stereocenters. The Kier molecular flexibility index (Phi) is 5.66. The van der Waals surface area contributed by atoms with Crippen molar-refractivity contribution in [2.45, 2.75) is 25.5 Å². The molecule has 1 aromatic heterocycles. The summed E-state index contributed by atoms with van der Waals surface area (Å²) in [6.07, 6.45) is 0.630. The minimum atomic E-state index is -1.06. The van der Waals surface area contributed by atoms with E-state index in [0.717, 1.165) is 5.56 Å². The number of hydrogen-bond acceptors (Lipinski definition) is 8. The summed E-state index contributed by atoms with van der Waals surface area (Å²) >= 11 is 7.30. The van der Waals surface area contributed by atoms with E-state index in [1.807, 2.05) is 6.92 Å². The van der Waals surface area contributed by atoms with Crippen LogP contribution in [-0.4, -0.2) is 32.8 Å². The van der Waals surface area contributed by atoms with Crippen LogP contribution in [0.2, 0.25) is 5.02 Å². The van der Waals surface area contributed by atoms with Gasteiger partial charge in [0.15, 0.2) is 5.13 Å². The summed E-state index contributed by atoms with van der Waals surface area (Å²) in [6, 6.07) is 14.7. The molecule has 1 amide bonds. The molecule has 3 heterocycles. The van der Waals surface area contributed by atoms with Crippen LogP contribution in [0, 0.1) is 10.1 Å². The number of aromatic nitrogens is 1. The van der Waals surface area contributed by atoms with E-state index in [9.17, 15) is 24.8 Å². The fourth-order valence-corrected chi connectivity index (χ4v) is 6.11. The van der Waals surface area contributed by atoms with Crippen molar-refractivity contribution in [3.05, 3.63) is 98.1 Å². The van der Waals surface area contributed by atoms with Crippen LogP contribution in [-0.2, 0) is 16.0 Å². The predicted octanol–water partition coefficient (Wildman–Crippen LogP) is 5.81. The van der Waals surface area contributed by atoms with Gasteiger partial charge in [0.1, 0.15) is 17.6 Å². The number of nitro benzene ring substituents is 1. The monoisotopic (exact) mass is 547 g/mol. The largest absolute Gasteiger partial charge is 0.507 e. The fourth-order valence-electron chi connectivity index (χ4n) is 4.84. The number of anilines is 1. The molecule has 2 aliphatic rings. The van der Waals surface area contributed by atoms with E-state index in [2.05, 4.69) is 4.98 Å². The van der Waals surface area contributed by atoms with Crippen LogP contribution in [0.5, 0.6) is 5.75 Å². The first-order valence-corrected chi connectivity index (χ1v) is 12.8. The average molecular weight is 548 g/mol. The minimum Gasteiger partial charge on any atom is -0.507 e. The highest BCUT2D eigenvalue weighted by atomic mass is 35.5. The molecular weight excluding hydrogens is 530 g/mol. The fraction of sp³-hybridized carbons (Fsp3) is 0.148. The van der Waals surface area contributed by atoms with Gasteiger partial charge in [-0.05, 0) is 66.6 Å². The Labute approximate surface area is 224 Å². The summed E-state index contributed by atoms with van der Waals surface area (Å²) in [7, 11) is 0. The Morgan fingerprint density at radius 3 is 2.66 bits per heavy atom. The Morgan fingerprint density at radius 1 is 1.16 bits per heavy atom. The summed E-state index contributed by atoms with van der Waals surface area (Å²) in [5.41, 5.74) is 1.97. The van der Waals surface area contributed by atoms with Crippen molar-refractivity contribution in [3.63, 3.8) is 0 Å². The van der Waals surface area contributed by atoms with E-state index >= 15 is 0 Å². The van der Waals surface area contributed by atoms with Crippen LogP contribution in [0.3, 0.4) is 0 Å². The zero-order valence-corrected chi connectivity index (χ0v) is 21.3. The van der Waals surface area contributed by atoms with Crippen LogP contribution >= 0.6 is 22.9 Å². The second-order valence-corrected chi connectivity index (χ2v) is 10.5. The lowest BCUT2D eigenvalue weighted by Crippen LogP contribution is -2.29. The van der Waals surface area contributed by atoms with Gasteiger partial charge in [0.2, 0.25) is 0 Å². The van der Waals surface area contributed by atoms with Gasteiger partial charge in [-0.1, -0.05) is 22.9 Å². The molecular formula is C27H18ClN3O6S. The van der Waals surface area contributed by atoms with Crippen LogP contribution in [0.15, 0.2) is 66.2 Å². The number of ether oxygens (including phenoxy) is 1. The highest BCUT2D eigenvalue weighted by Gasteiger charge is 2.48. The van der Waals surface area contributed by atoms with E-state index in [1.165, 1.54) is 40.5 Å². The third-order valence-corrected chi connectivity index (χ3v) is 7.83. The molecule has 1 N–H and O–H groups in total. The van der Waals surface area contributed by atoms with E-state index < -0.39 is 22.7 Å². The average Bonchev–Trinajstić information content (AvgIpc) is 3.55. The third-order valence-electron chi connectivity index (χ3n) is 6.58. The number of Topliss-reactive ketones (excluding diaryl/α,β-unsaturated/α-hetero) is 1. The molecule has 0 spiro atoms. The highest BCUT2D eigenvalue weighted by Crippen LogP contribution is 2.45. The summed E-state index contributed by atoms with van der Waals surface area (Å²) in [6.45, 7) is 1.94. The normalized spacial score (nSPS) is 20.1. The molecule has 2 aliphatic heterocycles. The van der Waals surface area contributed by atoms with Crippen LogP contribution < -0.4 is 9.64 Å². The first kappa shape index (κ1) is 24.1. The Morgan fingerprint density at radius 2 is 1.92 bits per heavy atom. The van der Waals surface area contributed by atoms with Crippen molar-refractivity contribution in [2.24, 2.45) is 0 Å². The first-order valence-electron chi connectivity index (χ1n) is 11.6. The first-order chi connectivity index (χ1) is 18.2. The molecule has 1 saturated heterocycles. The number of ketones is 1. The molecule has 4 aromatic rings. The molecule has 1 fully saturated rings. The number of carbonyl (C=O) groups excluding carboxylic acids is 2. The molecule has 11 heteroatoms. The quantitative estimate of drug-likeness (QED) is 0.112. The zero-order valence-electron chi connectivity index (χ0n) is 19.8. The molecule has 3 aromatic carbocycles. The Balaban J connectivity index is 1.53. The number of rotatable bonds is 4. The maximum absolute atomic E-state index is 13.4. The van der Waals surface area contributed by atoms with E-state index in [0.29, 0.717) is 38.5 Å². The summed E-state index contributed by atoms with van der Waals surface area (Å²) in [5.74, 6) is -1.39. The van der Waals surface area contributed by atoms with Crippen molar-refractivity contribution in [1.29, 1.82) is 0 Å². The summed E-state index contributed by atoms with van der Waals surface area (Å²) in [4.78, 5) is 43.3. The van der Waals surface area contributed by atoms with Gasteiger partial charge in [0.25, 0.3) is 11.5 Å². The molecule has 0 aliphatic carbocycles. The Bertz CT molecular complexity index is 1700. The van der Waals surface area contributed by atoms with Crippen molar-refractivity contribution in [2.75, 3.05) is 4.90 Å². The number of aliphatic hydroxyl groups is 1. The number of non-ortho nitro benzene ring substituents is 1. The van der Waals surface area contributed by atoms with Gasteiger partial charge in [-0.2, -0.15) is 0 Å². The van der Waals surface area contributed by atoms with E-state index in [1.54, 1.807) is 36.4 Å². The topological polar surface area (TPSA) is 123 Å². The second-order valence-electron chi connectivity index (χ2n) is 9.08. The van der Waals surface area contributed by atoms with Gasteiger partial charge in [-0.3, -0.25) is 24.6 Å². The lowest BCUT2D eigenvalue weighted by Gasteiger charge is -2.23. The van der Waals surface area contributed by atoms with Crippen LogP contribution in [0.1, 0.15) is 29.7 Å². The van der Waals surface area contributed by atoms with Gasteiger partial charge >= 0.3 is 5.91 Å². The van der Waals surface area contributed by atoms with E-state index in [-0.39, 0.29) is 28.3 Å². The third kappa shape index (κ3) is 3.89. The highest BCUT2D eigenvalue weighted by molar-refractivity contribution is 7.22. The van der Waals surface area contributed by atoms with Crippen molar-refractivity contribution < 1.29 is 24.4 Å². The molecule has 9 nitrogen and oxygen atoms in total. The number of carbonyl (C=O) groups is 2. The van der Waals surface area contributed by atoms with Crippen molar-refractivity contribution >= 4 is 61.4 Å². The number of nitrogens with zero attached hydrogens (tertiary/aromatic N) is 3. The van der Waals surface area contributed by atoms with Gasteiger partial charge in [-0.15, -0.1) is 0 Å². The Hall–Kier alpha value is -4.28. The second kappa shape index (κ2) is 8.93. The smallest absolute Gasteiger partial charge is 0.301 e. The molecule has 2 unspecified atom stereocenters.